The summed E-state index contributed by atoms with van der Waals surface area (Å²) in [5, 5.41) is 8.37. The molecule has 6 aromatic heterocycles. The van der Waals surface area contributed by atoms with E-state index < -0.39 is 23.7 Å². The van der Waals surface area contributed by atoms with Gasteiger partial charge in [0.15, 0.2) is 34.9 Å². The van der Waals surface area contributed by atoms with Crippen molar-refractivity contribution in [2.75, 3.05) is 37.3 Å². The first-order valence-corrected chi connectivity index (χ1v) is 18.2. The molecule has 0 bridgehead atoms. The molecule has 4 N–H and O–H groups in total. The number of likely N-dealkylation sites (tertiary alicyclic amines) is 2. The van der Waals surface area contributed by atoms with E-state index >= 15 is 0 Å². The van der Waals surface area contributed by atoms with Gasteiger partial charge in [0.05, 0.1) is 22.4 Å². The van der Waals surface area contributed by atoms with Gasteiger partial charge >= 0.3 is 0 Å². The zero-order chi connectivity index (χ0) is 37.9. The number of aromatic amines is 2. The lowest BCUT2D eigenvalue weighted by Gasteiger charge is -2.32. The minimum Gasteiger partial charge on any atom is -0.356 e. The fourth-order valence-electron chi connectivity index (χ4n) is 6.57. The first-order chi connectivity index (χ1) is 26.1. The Kier molecular flexibility index (Phi) is 10.8. The third-order valence-corrected chi connectivity index (χ3v) is 9.82. The number of fused-ring (bicyclic) bond motifs is 2. The highest BCUT2D eigenvalue weighted by Crippen LogP contribution is 2.30. The number of nitrogens with zero attached hydrogens (tertiary/aromatic N) is 8. The summed E-state index contributed by atoms with van der Waals surface area (Å²) in [6.07, 6.45) is 12.7. The lowest BCUT2D eigenvalue weighted by molar-refractivity contribution is -0.134. The molecule has 2 aliphatic rings. The number of carbonyl (C=O) groups excluding carboxylic acids is 2. The number of aromatic nitrogens is 8. The molecule has 2 amide bonds. The summed E-state index contributed by atoms with van der Waals surface area (Å²) < 4.78 is 28.6. The molecule has 0 saturated carbocycles. The Hall–Kier alpha value is -5.48. The molecule has 6 aromatic rings. The van der Waals surface area contributed by atoms with Crippen molar-refractivity contribution in [3.8, 4) is 22.8 Å². The minimum absolute atomic E-state index is 0.0120. The number of hydrogen-bond acceptors (Lipinski definition) is 10. The molecular formula is C36H36Cl2F2N12O2. The lowest BCUT2D eigenvalue weighted by Crippen LogP contribution is -2.47. The number of amides is 2. The van der Waals surface area contributed by atoms with Crippen LogP contribution in [0, 0.1) is 11.6 Å². The van der Waals surface area contributed by atoms with Crippen molar-refractivity contribution in [2.24, 2.45) is 0 Å². The third-order valence-electron chi connectivity index (χ3n) is 9.41. The molecule has 0 aromatic carbocycles. The van der Waals surface area contributed by atoms with Crippen LogP contribution in [0.25, 0.3) is 44.8 Å². The van der Waals surface area contributed by atoms with E-state index in [1.165, 1.54) is 12.4 Å². The highest BCUT2D eigenvalue weighted by atomic mass is 35.5. The smallest absolute Gasteiger partial charge is 0.245 e. The first kappa shape index (κ1) is 36.9. The highest BCUT2D eigenvalue weighted by Gasteiger charge is 2.29. The fraction of sp³-hybridized carbons (Fsp3) is 0.333. The van der Waals surface area contributed by atoms with Crippen molar-refractivity contribution in [1.82, 2.24) is 49.7 Å². The first-order valence-electron chi connectivity index (χ1n) is 17.5. The van der Waals surface area contributed by atoms with E-state index in [0.29, 0.717) is 70.0 Å². The van der Waals surface area contributed by atoms with E-state index in [4.69, 9.17) is 23.2 Å². The van der Waals surface area contributed by atoms with Crippen LogP contribution in [-0.4, -0.2) is 100 Å². The predicted octanol–water partition coefficient (Wildman–Crippen LogP) is 6.47. The maximum Gasteiger partial charge on any atom is 0.245 e. The van der Waals surface area contributed by atoms with Crippen LogP contribution in [0.3, 0.4) is 0 Å². The molecule has 2 aliphatic heterocycles. The van der Waals surface area contributed by atoms with Crippen molar-refractivity contribution in [2.45, 2.75) is 51.1 Å². The number of likely N-dealkylation sites (N-methyl/N-ethyl adjacent to an activating group) is 2. The maximum atomic E-state index is 14.3. The number of carbonyl (C=O) groups is 2. The van der Waals surface area contributed by atoms with Crippen molar-refractivity contribution < 1.29 is 18.4 Å². The number of rotatable bonds is 7. The van der Waals surface area contributed by atoms with Crippen LogP contribution in [0.5, 0.6) is 0 Å². The van der Waals surface area contributed by atoms with Gasteiger partial charge in [-0.15, -0.1) is 0 Å². The molecule has 8 heterocycles. The van der Waals surface area contributed by atoms with Gasteiger partial charge in [0.1, 0.15) is 23.4 Å². The summed E-state index contributed by atoms with van der Waals surface area (Å²) in [4.78, 5) is 59.6. The van der Waals surface area contributed by atoms with Crippen molar-refractivity contribution in [3.63, 3.8) is 0 Å². The molecule has 8 rings (SSSR count). The van der Waals surface area contributed by atoms with Crippen LogP contribution in [0.15, 0.2) is 49.3 Å². The lowest BCUT2D eigenvalue weighted by atomic mass is 10.0. The number of piperidine rings is 1. The van der Waals surface area contributed by atoms with Crippen LogP contribution in [0.2, 0.25) is 10.0 Å². The monoisotopic (exact) mass is 776 g/mol. The maximum absolute atomic E-state index is 14.3. The molecule has 0 unspecified atom stereocenters. The Bertz CT molecular complexity index is 2330. The van der Waals surface area contributed by atoms with E-state index in [2.05, 4.69) is 50.5 Å². The van der Waals surface area contributed by atoms with Crippen molar-refractivity contribution >= 4 is 68.7 Å². The van der Waals surface area contributed by atoms with E-state index in [-0.39, 0.29) is 23.5 Å². The summed E-state index contributed by atoms with van der Waals surface area (Å²) >= 11 is 12.1. The average Bonchev–Trinajstić information content (AvgIpc) is 3.75. The molecule has 54 heavy (non-hydrogen) atoms. The topological polar surface area (TPSA) is 174 Å². The molecule has 2 fully saturated rings. The molecule has 2 saturated heterocycles. The van der Waals surface area contributed by atoms with Gasteiger partial charge in [-0.05, 0) is 51.2 Å². The van der Waals surface area contributed by atoms with Gasteiger partial charge in [-0.3, -0.25) is 9.59 Å². The number of H-pyrrole nitrogens is 2. The molecular weight excluding hydrogens is 741 g/mol. The van der Waals surface area contributed by atoms with E-state index in [1.54, 1.807) is 41.4 Å². The second-order valence-electron chi connectivity index (χ2n) is 13.0. The van der Waals surface area contributed by atoms with Gasteiger partial charge < -0.3 is 30.4 Å². The number of anilines is 2. The quantitative estimate of drug-likeness (QED) is 0.141. The Labute approximate surface area is 318 Å². The van der Waals surface area contributed by atoms with Crippen molar-refractivity contribution in [3.05, 3.63) is 71.0 Å². The van der Waals surface area contributed by atoms with Gasteiger partial charge in [-0.1, -0.05) is 23.2 Å². The number of hydrogen-bond donors (Lipinski definition) is 4. The summed E-state index contributed by atoms with van der Waals surface area (Å²) in [6.45, 7) is 4.00. The van der Waals surface area contributed by atoms with Gasteiger partial charge in [0.2, 0.25) is 11.8 Å². The van der Waals surface area contributed by atoms with Gasteiger partial charge in [0, 0.05) is 73.4 Å². The summed E-state index contributed by atoms with van der Waals surface area (Å²) in [6, 6.07) is 2.50. The zero-order valence-electron chi connectivity index (χ0n) is 29.3. The Balaban J connectivity index is 0.000000167. The third kappa shape index (κ3) is 7.75. The van der Waals surface area contributed by atoms with Crippen LogP contribution in [-0.2, 0) is 9.59 Å². The number of halogens is 4. The van der Waals surface area contributed by atoms with Gasteiger partial charge in [0.25, 0.3) is 0 Å². The highest BCUT2D eigenvalue weighted by molar-refractivity contribution is 6.31. The number of nitrogens with one attached hydrogen (secondary N) is 4. The fourth-order valence-corrected chi connectivity index (χ4v) is 6.89. The Morgan fingerprint density at radius 1 is 0.741 bits per heavy atom. The number of pyridine rings is 2. The largest absolute Gasteiger partial charge is 0.356 e. The molecule has 0 aliphatic carbocycles. The van der Waals surface area contributed by atoms with E-state index in [0.717, 1.165) is 49.0 Å². The van der Waals surface area contributed by atoms with E-state index in [9.17, 15) is 18.4 Å². The Morgan fingerprint density at radius 3 is 1.80 bits per heavy atom. The average molecular weight is 778 g/mol. The molecule has 280 valence electrons. The van der Waals surface area contributed by atoms with Crippen molar-refractivity contribution in [1.29, 1.82) is 0 Å². The predicted molar refractivity (Wildman–Crippen MR) is 202 cm³/mol. The summed E-state index contributed by atoms with van der Waals surface area (Å²) in [7, 11) is 1.76. The second-order valence-corrected chi connectivity index (χ2v) is 13.9. The standard InChI is InChI=1S/2C18H18ClFN6O/c1-26-5-3-2-4-14(18(26)27)24-17-13(20)9-23-16(25-17)12-8-22-15-11(12)6-10(19)7-21-15;1-2-26-5-3-4-14(18(26)27)24-17-13(20)9-23-16(25-17)12-8-22-15-11(12)6-10(19)7-21-15/h2*6-9,14H,2-5H2,1H3,(H,21,22)(H,23,24,25)/t2*14-/m00/s1. The molecule has 0 spiro atoms. The zero-order valence-corrected chi connectivity index (χ0v) is 30.8. The van der Waals surface area contributed by atoms with Crippen LogP contribution >= 0.6 is 23.2 Å². The SMILES string of the molecule is CCN1CCC[C@H](Nc2nc(-c3c[nH]c4ncc(Cl)cc34)ncc2F)C1=O.CN1CCCC[C@H](Nc2nc(-c3c[nH]c4ncc(Cl)cc34)ncc2F)C1=O. The minimum atomic E-state index is -0.602. The van der Waals surface area contributed by atoms with Gasteiger partial charge in [-0.2, -0.15) is 0 Å². The molecule has 2 atom stereocenters. The van der Waals surface area contributed by atoms with Crippen LogP contribution in [0.1, 0.15) is 39.0 Å². The molecule has 14 nitrogen and oxygen atoms in total. The molecule has 0 radical (unpaired) electrons. The Morgan fingerprint density at radius 2 is 1.26 bits per heavy atom. The van der Waals surface area contributed by atoms with Crippen LogP contribution in [0.4, 0.5) is 20.4 Å². The second kappa shape index (κ2) is 15.9. The summed E-state index contributed by atoms with van der Waals surface area (Å²) in [5.74, 6) is -0.626. The molecule has 18 heteroatoms. The van der Waals surface area contributed by atoms with E-state index in [1.807, 2.05) is 6.92 Å². The normalized spacial score (nSPS) is 17.7. The van der Waals surface area contributed by atoms with Crippen LogP contribution < -0.4 is 10.6 Å². The summed E-state index contributed by atoms with van der Waals surface area (Å²) in [5.41, 5.74) is 2.59. The van der Waals surface area contributed by atoms with Gasteiger partial charge in [-0.25, -0.2) is 38.7 Å².